The van der Waals surface area contributed by atoms with Gasteiger partial charge in [0.15, 0.2) is 0 Å². The minimum Gasteiger partial charge on any atom is -0.472 e. The van der Waals surface area contributed by atoms with Gasteiger partial charge in [-0.1, -0.05) is 46.3 Å². The van der Waals surface area contributed by atoms with E-state index in [-0.39, 0.29) is 12.1 Å². The summed E-state index contributed by atoms with van der Waals surface area (Å²) in [6.07, 6.45) is 0.0609. The second kappa shape index (κ2) is 5.41. The van der Waals surface area contributed by atoms with Crippen LogP contribution in [0.3, 0.4) is 0 Å². The number of nitrogens with zero attached hydrogens (tertiary/aromatic N) is 1. The lowest BCUT2D eigenvalue weighted by atomic mass is 10.0. The van der Waals surface area contributed by atoms with E-state index in [4.69, 9.17) is 9.73 Å². The predicted octanol–water partition coefficient (Wildman–Crippen LogP) is 4.66. The van der Waals surface area contributed by atoms with Gasteiger partial charge in [-0.25, -0.2) is 4.99 Å². The molecule has 0 fully saturated rings. The van der Waals surface area contributed by atoms with E-state index in [1.165, 1.54) is 11.1 Å². The van der Waals surface area contributed by atoms with Gasteiger partial charge in [-0.15, -0.1) is 0 Å². The topological polar surface area (TPSA) is 21.6 Å². The summed E-state index contributed by atoms with van der Waals surface area (Å²) >= 11 is 3.46. The van der Waals surface area contributed by atoms with E-state index in [0.29, 0.717) is 0 Å². The molecular weight excluding hydrogens is 314 g/mol. The van der Waals surface area contributed by atoms with Gasteiger partial charge in [-0.2, -0.15) is 0 Å². The third kappa shape index (κ3) is 2.50. The van der Waals surface area contributed by atoms with Crippen LogP contribution in [-0.4, -0.2) is 12.0 Å². The first kappa shape index (κ1) is 13.4. The molecule has 0 amide bonds. The van der Waals surface area contributed by atoms with Crippen LogP contribution in [0.15, 0.2) is 58.0 Å². The molecule has 20 heavy (non-hydrogen) atoms. The van der Waals surface area contributed by atoms with Crippen molar-refractivity contribution >= 4 is 21.8 Å². The second-order valence-corrected chi connectivity index (χ2v) is 5.98. The van der Waals surface area contributed by atoms with E-state index in [0.717, 1.165) is 15.9 Å². The van der Waals surface area contributed by atoms with Crippen LogP contribution in [0.4, 0.5) is 0 Å². The Morgan fingerprint density at radius 3 is 2.45 bits per heavy atom. The molecule has 102 valence electrons. The maximum atomic E-state index is 5.96. The number of aryl methyl sites for hydroxylation is 1. The van der Waals surface area contributed by atoms with E-state index in [1.54, 1.807) is 0 Å². The fourth-order valence-electron chi connectivity index (χ4n) is 2.45. The van der Waals surface area contributed by atoms with E-state index >= 15 is 0 Å². The predicted molar refractivity (Wildman–Crippen MR) is 85.1 cm³/mol. The van der Waals surface area contributed by atoms with Gasteiger partial charge in [0.2, 0.25) is 5.90 Å². The number of rotatable bonds is 2. The molecule has 1 heterocycles. The number of hydrogen-bond acceptors (Lipinski definition) is 2. The number of hydrogen-bond donors (Lipinski definition) is 0. The molecular formula is C17H16BrNO. The first-order valence-electron chi connectivity index (χ1n) is 6.71. The van der Waals surface area contributed by atoms with Crippen molar-refractivity contribution in [2.75, 3.05) is 0 Å². The van der Waals surface area contributed by atoms with Crippen molar-refractivity contribution in [3.63, 3.8) is 0 Å². The number of benzene rings is 2. The van der Waals surface area contributed by atoms with E-state index in [1.807, 2.05) is 24.3 Å². The molecule has 0 saturated heterocycles. The van der Waals surface area contributed by atoms with Crippen molar-refractivity contribution in [1.82, 2.24) is 0 Å². The average molecular weight is 330 g/mol. The van der Waals surface area contributed by atoms with Crippen molar-refractivity contribution < 1.29 is 4.74 Å². The Morgan fingerprint density at radius 1 is 1.05 bits per heavy atom. The largest absolute Gasteiger partial charge is 0.472 e. The standard InChI is InChI=1S/C17H16BrNO/c1-11-5-3-4-6-15(11)17-19-16(12(2)20-17)13-7-9-14(18)10-8-13/h3-10,12,16H,1-2H3/t12-,16-/m0/s1. The minimum atomic E-state index is 0.0609. The maximum Gasteiger partial charge on any atom is 0.217 e. The minimum absolute atomic E-state index is 0.0609. The van der Waals surface area contributed by atoms with Crippen LogP contribution in [0, 0.1) is 6.92 Å². The van der Waals surface area contributed by atoms with Gasteiger partial charge < -0.3 is 4.74 Å². The van der Waals surface area contributed by atoms with Gasteiger partial charge in [0.05, 0.1) is 0 Å². The van der Waals surface area contributed by atoms with Gasteiger partial charge in [0.25, 0.3) is 0 Å². The van der Waals surface area contributed by atoms with Crippen molar-refractivity contribution in [2.45, 2.75) is 26.0 Å². The summed E-state index contributed by atoms with van der Waals surface area (Å²) in [5.41, 5.74) is 3.46. The van der Waals surface area contributed by atoms with Crippen molar-refractivity contribution in [1.29, 1.82) is 0 Å². The molecule has 0 aliphatic carbocycles. The summed E-state index contributed by atoms with van der Waals surface area (Å²) in [6, 6.07) is 16.5. The third-order valence-electron chi connectivity index (χ3n) is 3.59. The molecule has 0 aromatic heterocycles. The van der Waals surface area contributed by atoms with Gasteiger partial charge >= 0.3 is 0 Å². The molecule has 0 spiro atoms. The molecule has 0 saturated carbocycles. The lowest BCUT2D eigenvalue weighted by Crippen LogP contribution is -2.12. The summed E-state index contributed by atoms with van der Waals surface area (Å²) in [7, 11) is 0. The first-order chi connectivity index (χ1) is 9.65. The van der Waals surface area contributed by atoms with Crippen LogP contribution in [-0.2, 0) is 4.74 Å². The van der Waals surface area contributed by atoms with E-state index < -0.39 is 0 Å². The molecule has 0 N–H and O–H groups in total. The van der Waals surface area contributed by atoms with Crippen molar-refractivity contribution in [3.05, 3.63) is 69.7 Å². The maximum absolute atomic E-state index is 5.96. The van der Waals surface area contributed by atoms with Crippen LogP contribution in [0.2, 0.25) is 0 Å². The highest BCUT2D eigenvalue weighted by Crippen LogP contribution is 2.31. The summed E-state index contributed by atoms with van der Waals surface area (Å²) < 4.78 is 7.04. The van der Waals surface area contributed by atoms with Crippen LogP contribution in [0.25, 0.3) is 0 Å². The third-order valence-corrected chi connectivity index (χ3v) is 4.11. The number of ether oxygens (including phenoxy) is 1. The molecule has 1 aliphatic rings. The quantitative estimate of drug-likeness (QED) is 0.784. The first-order valence-corrected chi connectivity index (χ1v) is 7.50. The van der Waals surface area contributed by atoms with Crippen molar-refractivity contribution in [2.24, 2.45) is 4.99 Å². The molecule has 3 heteroatoms. The smallest absolute Gasteiger partial charge is 0.217 e. The van der Waals surface area contributed by atoms with E-state index in [9.17, 15) is 0 Å². The Bertz CT molecular complexity index is 648. The summed E-state index contributed by atoms with van der Waals surface area (Å²) in [6.45, 7) is 4.15. The summed E-state index contributed by atoms with van der Waals surface area (Å²) in [5.74, 6) is 0.753. The molecule has 2 atom stereocenters. The molecule has 1 aliphatic heterocycles. The Balaban J connectivity index is 1.95. The zero-order chi connectivity index (χ0) is 14.1. The lowest BCUT2D eigenvalue weighted by molar-refractivity contribution is 0.214. The molecule has 0 unspecified atom stereocenters. The molecule has 0 bridgehead atoms. The van der Waals surface area contributed by atoms with Crippen LogP contribution in [0.1, 0.15) is 29.7 Å². The van der Waals surface area contributed by atoms with Gasteiger partial charge in [0, 0.05) is 10.0 Å². The molecule has 0 radical (unpaired) electrons. The van der Waals surface area contributed by atoms with Crippen molar-refractivity contribution in [3.8, 4) is 0 Å². The fraction of sp³-hybridized carbons (Fsp3) is 0.235. The molecule has 2 aromatic carbocycles. The SMILES string of the molecule is Cc1ccccc1C1=N[C@H](c2ccc(Br)cc2)[C@H](C)O1. The Morgan fingerprint density at radius 2 is 1.75 bits per heavy atom. The zero-order valence-corrected chi connectivity index (χ0v) is 13.1. The highest BCUT2D eigenvalue weighted by atomic mass is 79.9. The Kier molecular flexibility index (Phi) is 3.62. The average Bonchev–Trinajstić information content (AvgIpc) is 2.82. The molecule has 2 aromatic rings. The van der Waals surface area contributed by atoms with Gasteiger partial charge in [-0.05, 0) is 43.2 Å². The Hall–Kier alpha value is -1.61. The normalized spacial score (nSPS) is 21.4. The fourth-order valence-corrected chi connectivity index (χ4v) is 2.72. The van der Waals surface area contributed by atoms with Crippen LogP contribution >= 0.6 is 15.9 Å². The van der Waals surface area contributed by atoms with E-state index in [2.05, 4.69) is 54.0 Å². The second-order valence-electron chi connectivity index (χ2n) is 5.07. The highest BCUT2D eigenvalue weighted by molar-refractivity contribution is 9.10. The number of aliphatic imine (C=N–C) groups is 1. The lowest BCUT2D eigenvalue weighted by Gasteiger charge is -2.13. The summed E-state index contributed by atoms with van der Waals surface area (Å²) in [4.78, 5) is 4.78. The van der Waals surface area contributed by atoms with Gasteiger partial charge in [0.1, 0.15) is 12.1 Å². The molecule has 2 nitrogen and oxygen atoms in total. The summed E-state index contributed by atoms with van der Waals surface area (Å²) in [5, 5.41) is 0. The van der Waals surface area contributed by atoms with Crippen LogP contribution < -0.4 is 0 Å². The molecule has 3 rings (SSSR count). The number of halogens is 1. The monoisotopic (exact) mass is 329 g/mol. The highest BCUT2D eigenvalue weighted by Gasteiger charge is 2.29. The van der Waals surface area contributed by atoms with Gasteiger partial charge in [-0.3, -0.25) is 0 Å². The Labute approximate surface area is 127 Å². The van der Waals surface area contributed by atoms with Crippen LogP contribution in [0.5, 0.6) is 0 Å². The zero-order valence-electron chi connectivity index (χ0n) is 11.5.